The number of hydrogen-bond acceptors (Lipinski definition) is 2. The maximum absolute atomic E-state index is 12.4. The highest BCUT2D eigenvalue weighted by Gasteiger charge is 2.14. The summed E-state index contributed by atoms with van der Waals surface area (Å²) >= 11 is 3.47. The van der Waals surface area contributed by atoms with E-state index in [0.717, 1.165) is 10.0 Å². The Balaban J connectivity index is 2.14. The molecule has 0 saturated carbocycles. The second kappa shape index (κ2) is 7.99. The van der Waals surface area contributed by atoms with Gasteiger partial charge in [0.15, 0.2) is 0 Å². The van der Waals surface area contributed by atoms with Gasteiger partial charge >= 0.3 is 0 Å². The molecule has 0 aliphatic rings. The van der Waals surface area contributed by atoms with Gasteiger partial charge in [0.05, 0.1) is 4.47 Å². The number of nitrogens with zero attached hydrogens (tertiary/aromatic N) is 1. The van der Waals surface area contributed by atoms with Crippen molar-refractivity contribution in [3.8, 4) is 5.75 Å². The van der Waals surface area contributed by atoms with Gasteiger partial charge in [-0.05, 0) is 53.5 Å². The van der Waals surface area contributed by atoms with Crippen LogP contribution in [0.3, 0.4) is 0 Å². The van der Waals surface area contributed by atoms with E-state index in [-0.39, 0.29) is 5.91 Å². The Kier molecular flexibility index (Phi) is 6.01. The normalized spacial score (nSPS) is 10.3. The van der Waals surface area contributed by atoms with Crippen LogP contribution in [0.15, 0.2) is 53.0 Å². The Labute approximate surface area is 140 Å². The van der Waals surface area contributed by atoms with Gasteiger partial charge in [-0.25, -0.2) is 0 Å². The van der Waals surface area contributed by atoms with Gasteiger partial charge in [0.25, 0.3) is 5.91 Å². The summed E-state index contributed by atoms with van der Waals surface area (Å²) < 4.78 is 6.69. The summed E-state index contributed by atoms with van der Waals surface area (Å²) in [6, 6.07) is 15.4. The van der Waals surface area contributed by atoms with Gasteiger partial charge in [0, 0.05) is 18.7 Å². The minimum atomic E-state index is 0.0297. The lowest BCUT2D eigenvalue weighted by molar-refractivity contribution is 0.0772. The van der Waals surface area contributed by atoms with Crippen LogP contribution in [-0.2, 0) is 6.61 Å². The average Bonchev–Trinajstić information content (AvgIpc) is 2.56. The number of carbonyl (C=O) groups excluding carboxylic acids is 1. The van der Waals surface area contributed by atoms with E-state index in [1.54, 1.807) is 11.0 Å². The molecule has 0 spiro atoms. The largest absolute Gasteiger partial charge is 0.488 e. The lowest BCUT2D eigenvalue weighted by atomic mass is 10.2. The highest BCUT2D eigenvalue weighted by atomic mass is 79.9. The number of halogens is 1. The van der Waals surface area contributed by atoms with Crippen LogP contribution < -0.4 is 4.74 Å². The van der Waals surface area contributed by atoms with Crippen molar-refractivity contribution in [3.05, 3.63) is 64.1 Å². The molecule has 0 aliphatic heterocycles. The van der Waals surface area contributed by atoms with Gasteiger partial charge in [0.2, 0.25) is 0 Å². The van der Waals surface area contributed by atoms with Crippen LogP contribution in [0.4, 0.5) is 0 Å². The molecule has 0 fully saturated rings. The molecule has 2 rings (SSSR count). The molecule has 2 aromatic carbocycles. The third kappa shape index (κ3) is 4.10. The van der Waals surface area contributed by atoms with Crippen LogP contribution in [0.1, 0.15) is 29.8 Å². The van der Waals surface area contributed by atoms with E-state index in [0.29, 0.717) is 31.0 Å². The molecule has 2 aromatic rings. The fraction of sp³-hybridized carbons (Fsp3) is 0.278. The highest BCUT2D eigenvalue weighted by molar-refractivity contribution is 9.10. The lowest BCUT2D eigenvalue weighted by Gasteiger charge is -2.19. The van der Waals surface area contributed by atoms with Crippen molar-refractivity contribution in [3.63, 3.8) is 0 Å². The first kappa shape index (κ1) is 16.6. The van der Waals surface area contributed by atoms with Crippen molar-refractivity contribution in [2.75, 3.05) is 13.1 Å². The first-order chi connectivity index (χ1) is 10.7. The second-order valence-electron chi connectivity index (χ2n) is 4.90. The molecule has 0 aliphatic carbocycles. The molecule has 1 amide bonds. The Bertz CT molecular complexity index is 624. The first-order valence-corrected chi connectivity index (χ1v) is 8.20. The Hall–Kier alpha value is -1.81. The van der Waals surface area contributed by atoms with Gasteiger partial charge in [-0.3, -0.25) is 4.79 Å². The van der Waals surface area contributed by atoms with E-state index < -0.39 is 0 Å². The molecule has 3 nitrogen and oxygen atoms in total. The van der Waals surface area contributed by atoms with E-state index >= 15 is 0 Å². The first-order valence-electron chi connectivity index (χ1n) is 7.41. The minimum absolute atomic E-state index is 0.0297. The third-order valence-corrected chi connectivity index (χ3v) is 4.12. The summed E-state index contributed by atoms with van der Waals surface area (Å²) in [5.41, 5.74) is 1.74. The fourth-order valence-electron chi connectivity index (χ4n) is 2.18. The predicted molar refractivity (Wildman–Crippen MR) is 92.2 cm³/mol. The second-order valence-corrected chi connectivity index (χ2v) is 5.75. The zero-order chi connectivity index (χ0) is 15.9. The molecule has 116 valence electrons. The van der Waals surface area contributed by atoms with Crippen molar-refractivity contribution in [1.82, 2.24) is 4.90 Å². The van der Waals surface area contributed by atoms with Crippen LogP contribution >= 0.6 is 15.9 Å². The Morgan fingerprint density at radius 3 is 2.41 bits per heavy atom. The summed E-state index contributed by atoms with van der Waals surface area (Å²) in [5, 5.41) is 0. The van der Waals surface area contributed by atoms with E-state index in [2.05, 4.69) is 15.9 Å². The summed E-state index contributed by atoms with van der Waals surface area (Å²) in [6.07, 6.45) is 0. The van der Waals surface area contributed by atoms with Crippen molar-refractivity contribution < 1.29 is 9.53 Å². The molecule has 0 radical (unpaired) electrons. The minimum Gasteiger partial charge on any atom is -0.488 e. The molecule has 0 bridgehead atoms. The van der Waals surface area contributed by atoms with Gasteiger partial charge in [-0.2, -0.15) is 0 Å². The number of ether oxygens (including phenoxy) is 1. The summed E-state index contributed by atoms with van der Waals surface area (Å²) in [6.45, 7) is 5.83. The molecule has 0 atom stereocenters. The Morgan fingerprint density at radius 1 is 1.09 bits per heavy atom. The smallest absolute Gasteiger partial charge is 0.253 e. The monoisotopic (exact) mass is 361 g/mol. The zero-order valence-electron chi connectivity index (χ0n) is 12.9. The zero-order valence-corrected chi connectivity index (χ0v) is 14.5. The molecule has 4 heteroatoms. The summed E-state index contributed by atoms with van der Waals surface area (Å²) in [5.74, 6) is 0.712. The van der Waals surface area contributed by atoms with E-state index in [9.17, 15) is 4.79 Å². The number of rotatable bonds is 6. The number of amides is 1. The maximum atomic E-state index is 12.4. The maximum Gasteiger partial charge on any atom is 0.253 e. The van der Waals surface area contributed by atoms with E-state index in [1.807, 2.05) is 56.3 Å². The van der Waals surface area contributed by atoms with E-state index in [4.69, 9.17) is 4.74 Å². The van der Waals surface area contributed by atoms with E-state index in [1.165, 1.54) is 0 Å². The van der Waals surface area contributed by atoms with Crippen LogP contribution in [-0.4, -0.2) is 23.9 Å². The van der Waals surface area contributed by atoms with Crippen LogP contribution in [0, 0.1) is 0 Å². The van der Waals surface area contributed by atoms with Crippen LogP contribution in [0.2, 0.25) is 0 Å². The molecule has 0 saturated heterocycles. The van der Waals surface area contributed by atoms with Gasteiger partial charge in [0.1, 0.15) is 12.4 Å². The fourth-order valence-corrected chi connectivity index (χ4v) is 2.54. The highest BCUT2D eigenvalue weighted by Crippen LogP contribution is 2.27. The third-order valence-electron chi connectivity index (χ3n) is 3.47. The van der Waals surface area contributed by atoms with Crippen molar-refractivity contribution in [1.29, 1.82) is 0 Å². The molecule has 0 heterocycles. The van der Waals surface area contributed by atoms with Crippen molar-refractivity contribution in [2.45, 2.75) is 20.5 Å². The Morgan fingerprint density at radius 2 is 1.77 bits per heavy atom. The van der Waals surface area contributed by atoms with Crippen molar-refractivity contribution in [2.24, 2.45) is 0 Å². The number of hydrogen-bond donors (Lipinski definition) is 0. The average molecular weight is 362 g/mol. The number of carbonyl (C=O) groups is 1. The van der Waals surface area contributed by atoms with Gasteiger partial charge < -0.3 is 9.64 Å². The van der Waals surface area contributed by atoms with Crippen molar-refractivity contribution >= 4 is 21.8 Å². The quantitative estimate of drug-likeness (QED) is 0.757. The topological polar surface area (TPSA) is 29.5 Å². The molecule has 0 N–H and O–H groups in total. The molecular weight excluding hydrogens is 342 g/mol. The number of benzene rings is 2. The van der Waals surface area contributed by atoms with Crippen LogP contribution in [0.25, 0.3) is 0 Å². The van der Waals surface area contributed by atoms with Gasteiger partial charge in [-0.15, -0.1) is 0 Å². The van der Waals surface area contributed by atoms with Gasteiger partial charge in [-0.1, -0.05) is 30.3 Å². The molecule has 0 aromatic heterocycles. The SMILES string of the molecule is CCN(CC)C(=O)c1ccc(Br)c(OCc2ccccc2)c1. The lowest BCUT2D eigenvalue weighted by Crippen LogP contribution is -2.30. The summed E-state index contributed by atoms with van der Waals surface area (Å²) in [4.78, 5) is 14.2. The molecule has 22 heavy (non-hydrogen) atoms. The predicted octanol–water partition coefficient (Wildman–Crippen LogP) is 4.51. The standard InChI is InChI=1S/C18H20BrNO2/c1-3-20(4-2)18(21)15-10-11-16(19)17(12-15)22-13-14-8-6-5-7-9-14/h5-12H,3-4,13H2,1-2H3. The molecular formula is C18H20BrNO2. The van der Waals surface area contributed by atoms with Crippen LogP contribution in [0.5, 0.6) is 5.75 Å². The summed E-state index contributed by atoms with van der Waals surface area (Å²) in [7, 11) is 0. The molecule has 0 unspecified atom stereocenters.